The monoisotopic (exact) mass is 315 g/mol. The molecule has 0 radical (unpaired) electrons. The summed E-state index contributed by atoms with van der Waals surface area (Å²) < 4.78 is 0. The maximum atomic E-state index is 12.5. The number of amides is 2. The average Bonchev–Trinajstić information content (AvgIpc) is 3.03. The van der Waals surface area contributed by atoms with Crippen molar-refractivity contribution in [3.05, 3.63) is 35.9 Å². The van der Waals surface area contributed by atoms with Crippen molar-refractivity contribution in [1.82, 2.24) is 9.80 Å². The van der Waals surface area contributed by atoms with E-state index >= 15 is 0 Å². The second kappa shape index (κ2) is 5.64. The molecule has 0 bridgehead atoms. The summed E-state index contributed by atoms with van der Waals surface area (Å²) >= 11 is 0. The number of fused-ring (bicyclic) bond motifs is 1. The predicted molar refractivity (Wildman–Crippen MR) is 88.4 cm³/mol. The van der Waals surface area contributed by atoms with Gasteiger partial charge in [0, 0.05) is 38.4 Å². The molecule has 2 heterocycles. The zero-order valence-electron chi connectivity index (χ0n) is 14.0. The van der Waals surface area contributed by atoms with Gasteiger partial charge in [0.15, 0.2) is 0 Å². The van der Waals surface area contributed by atoms with E-state index in [-0.39, 0.29) is 23.8 Å². The SMILES string of the molecule is CC(=O)N1C[C@H]2CN(C(=O)C(C)(C)N)C[C@H]2[C@H]1c1ccccc1. The van der Waals surface area contributed by atoms with E-state index in [2.05, 4.69) is 12.1 Å². The Labute approximate surface area is 137 Å². The second-order valence-electron chi connectivity index (χ2n) is 7.38. The lowest BCUT2D eigenvalue weighted by Gasteiger charge is -2.31. The fraction of sp³-hybridized carbons (Fsp3) is 0.556. The normalized spacial score (nSPS) is 27.2. The van der Waals surface area contributed by atoms with Gasteiger partial charge in [-0.3, -0.25) is 9.59 Å². The van der Waals surface area contributed by atoms with Gasteiger partial charge in [-0.15, -0.1) is 0 Å². The number of nitrogens with zero attached hydrogens (tertiary/aromatic N) is 2. The molecule has 0 unspecified atom stereocenters. The average molecular weight is 315 g/mol. The van der Waals surface area contributed by atoms with Gasteiger partial charge < -0.3 is 15.5 Å². The van der Waals surface area contributed by atoms with E-state index in [9.17, 15) is 9.59 Å². The third-order valence-corrected chi connectivity index (χ3v) is 5.05. The van der Waals surface area contributed by atoms with Gasteiger partial charge in [0.1, 0.15) is 0 Å². The Morgan fingerprint density at radius 3 is 2.35 bits per heavy atom. The highest BCUT2D eigenvalue weighted by Gasteiger charge is 2.50. The van der Waals surface area contributed by atoms with Crippen LogP contribution in [0.2, 0.25) is 0 Å². The van der Waals surface area contributed by atoms with Gasteiger partial charge in [0.25, 0.3) is 0 Å². The molecule has 2 saturated heterocycles. The summed E-state index contributed by atoms with van der Waals surface area (Å²) in [5, 5.41) is 0. The van der Waals surface area contributed by atoms with Crippen molar-refractivity contribution in [2.75, 3.05) is 19.6 Å². The first-order valence-electron chi connectivity index (χ1n) is 8.19. The van der Waals surface area contributed by atoms with Gasteiger partial charge in [-0.25, -0.2) is 0 Å². The molecule has 0 spiro atoms. The Morgan fingerprint density at radius 1 is 1.13 bits per heavy atom. The van der Waals surface area contributed by atoms with Crippen molar-refractivity contribution < 1.29 is 9.59 Å². The first-order valence-corrected chi connectivity index (χ1v) is 8.19. The van der Waals surface area contributed by atoms with Crippen molar-refractivity contribution in [2.45, 2.75) is 32.4 Å². The van der Waals surface area contributed by atoms with Crippen LogP contribution in [-0.4, -0.2) is 46.8 Å². The minimum absolute atomic E-state index is 0.00640. The highest BCUT2D eigenvalue weighted by atomic mass is 16.2. The van der Waals surface area contributed by atoms with Gasteiger partial charge in [-0.05, 0) is 19.4 Å². The topological polar surface area (TPSA) is 66.6 Å². The molecule has 2 aliphatic heterocycles. The first-order chi connectivity index (χ1) is 10.8. The molecule has 5 nitrogen and oxygen atoms in total. The molecule has 2 N–H and O–H groups in total. The zero-order valence-corrected chi connectivity index (χ0v) is 14.0. The third-order valence-electron chi connectivity index (χ3n) is 5.05. The maximum absolute atomic E-state index is 12.5. The summed E-state index contributed by atoms with van der Waals surface area (Å²) in [6, 6.07) is 10.2. The number of nitrogens with two attached hydrogens (primary N) is 1. The summed E-state index contributed by atoms with van der Waals surface area (Å²) in [4.78, 5) is 28.4. The summed E-state index contributed by atoms with van der Waals surface area (Å²) in [7, 11) is 0. The van der Waals surface area contributed by atoms with E-state index in [1.807, 2.05) is 28.0 Å². The maximum Gasteiger partial charge on any atom is 0.242 e. The lowest BCUT2D eigenvalue weighted by Crippen LogP contribution is -2.51. The molecule has 0 aromatic heterocycles. The smallest absolute Gasteiger partial charge is 0.242 e. The van der Waals surface area contributed by atoms with E-state index in [4.69, 9.17) is 5.73 Å². The summed E-state index contributed by atoms with van der Waals surface area (Å²) in [5.74, 6) is 0.710. The highest BCUT2D eigenvalue weighted by molar-refractivity contribution is 5.85. The Hall–Kier alpha value is -1.88. The van der Waals surface area contributed by atoms with Crippen LogP contribution >= 0.6 is 0 Å². The van der Waals surface area contributed by atoms with Gasteiger partial charge in [0.05, 0.1) is 11.6 Å². The molecule has 2 aliphatic rings. The van der Waals surface area contributed by atoms with Crippen molar-refractivity contribution >= 4 is 11.8 Å². The third kappa shape index (κ3) is 2.85. The molecular formula is C18H25N3O2. The number of benzene rings is 1. The molecule has 23 heavy (non-hydrogen) atoms. The molecule has 124 valence electrons. The Balaban J connectivity index is 1.86. The molecule has 3 rings (SSSR count). The fourth-order valence-electron chi connectivity index (χ4n) is 4.02. The van der Waals surface area contributed by atoms with E-state index in [0.29, 0.717) is 25.6 Å². The molecule has 1 aromatic rings. The van der Waals surface area contributed by atoms with Gasteiger partial charge in [-0.1, -0.05) is 30.3 Å². The number of carbonyl (C=O) groups excluding carboxylic acids is 2. The number of hydrogen-bond acceptors (Lipinski definition) is 3. The van der Waals surface area contributed by atoms with Crippen LogP contribution in [0.4, 0.5) is 0 Å². The van der Waals surface area contributed by atoms with Gasteiger partial charge >= 0.3 is 0 Å². The largest absolute Gasteiger partial charge is 0.340 e. The van der Waals surface area contributed by atoms with Crippen LogP contribution in [0, 0.1) is 11.8 Å². The van der Waals surface area contributed by atoms with E-state index in [0.717, 1.165) is 5.56 Å². The van der Waals surface area contributed by atoms with Crippen molar-refractivity contribution in [2.24, 2.45) is 17.6 Å². The summed E-state index contributed by atoms with van der Waals surface area (Å²) in [5.41, 5.74) is 6.28. The fourth-order valence-corrected chi connectivity index (χ4v) is 4.02. The van der Waals surface area contributed by atoms with Crippen LogP contribution in [0.25, 0.3) is 0 Å². The summed E-state index contributed by atoms with van der Waals surface area (Å²) in [6.07, 6.45) is 0. The molecule has 2 amide bonds. The van der Waals surface area contributed by atoms with Crippen LogP contribution in [0.15, 0.2) is 30.3 Å². The summed E-state index contributed by atoms with van der Waals surface area (Å²) in [6.45, 7) is 7.21. The Bertz CT molecular complexity index is 608. The number of carbonyl (C=O) groups is 2. The molecule has 5 heteroatoms. The minimum atomic E-state index is -0.846. The first kappa shape index (κ1) is 16.0. The van der Waals surface area contributed by atoms with Crippen LogP contribution in [0.5, 0.6) is 0 Å². The second-order valence-corrected chi connectivity index (χ2v) is 7.38. The highest BCUT2D eigenvalue weighted by Crippen LogP contribution is 2.45. The van der Waals surface area contributed by atoms with Crippen LogP contribution < -0.4 is 5.73 Å². The molecule has 0 saturated carbocycles. The van der Waals surface area contributed by atoms with Gasteiger partial charge in [0.2, 0.25) is 11.8 Å². The van der Waals surface area contributed by atoms with Crippen LogP contribution in [-0.2, 0) is 9.59 Å². The van der Waals surface area contributed by atoms with E-state index in [1.54, 1.807) is 20.8 Å². The van der Waals surface area contributed by atoms with Crippen molar-refractivity contribution in [1.29, 1.82) is 0 Å². The Kier molecular flexibility index (Phi) is 3.92. The quantitative estimate of drug-likeness (QED) is 0.897. The molecule has 3 atom stereocenters. The van der Waals surface area contributed by atoms with Crippen molar-refractivity contribution in [3.8, 4) is 0 Å². The lowest BCUT2D eigenvalue weighted by atomic mass is 9.89. The van der Waals surface area contributed by atoms with Crippen LogP contribution in [0.3, 0.4) is 0 Å². The zero-order chi connectivity index (χ0) is 16.8. The van der Waals surface area contributed by atoms with Crippen LogP contribution in [0.1, 0.15) is 32.4 Å². The van der Waals surface area contributed by atoms with E-state index in [1.165, 1.54) is 0 Å². The lowest BCUT2D eigenvalue weighted by molar-refractivity contribution is -0.135. The molecule has 1 aromatic carbocycles. The molecule has 2 fully saturated rings. The van der Waals surface area contributed by atoms with Gasteiger partial charge in [-0.2, -0.15) is 0 Å². The van der Waals surface area contributed by atoms with Crippen molar-refractivity contribution in [3.63, 3.8) is 0 Å². The molecular weight excluding hydrogens is 290 g/mol. The number of likely N-dealkylation sites (tertiary alicyclic amines) is 2. The number of rotatable bonds is 2. The van der Waals surface area contributed by atoms with E-state index < -0.39 is 5.54 Å². The number of hydrogen-bond donors (Lipinski definition) is 1. The minimum Gasteiger partial charge on any atom is -0.340 e. The predicted octanol–water partition coefficient (Wildman–Crippen LogP) is 1.40. The molecule has 0 aliphatic carbocycles. The Morgan fingerprint density at radius 2 is 1.78 bits per heavy atom. The standard InChI is InChI=1S/C18H25N3O2/c1-12(22)21-10-14-9-20(17(23)18(2,3)19)11-15(14)16(21)13-7-5-4-6-8-13/h4-8,14-16H,9-11,19H2,1-3H3/t14-,15-,16-/m1/s1.